The average molecular weight is 292 g/mol. The highest BCUT2D eigenvalue weighted by molar-refractivity contribution is 7.15. The van der Waals surface area contributed by atoms with E-state index in [1.165, 1.54) is 11.3 Å². The number of thiazole rings is 1. The van der Waals surface area contributed by atoms with Crippen LogP contribution < -0.4 is 10.6 Å². The van der Waals surface area contributed by atoms with E-state index in [0.717, 1.165) is 30.8 Å². The highest BCUT2D eigenvalue weighted by Crippen LogP contribution is 2.17. The van der Waals surface area contributed by atoms with Crippen LogP contribution in [0.15, 0.2) is 6.20 Å². The molecule has 1 aliphatic rings. The molecule has 0 saturated carbocycles. The van der Waals surface area contributed by atoms with E-state index in [1.54, 1.807) is 6.20 Å². The zero-order valence-electron chi connectivity index (χ0n) is 10.3. The number of anilines is 1. The Morgan fingerprint density at radius 1 is 1.61 bits per heavy atom. The molecule has 0 unspecified atom stereocenters. The molecule has 0 aromatic carbocycles. The second-order valence-electron chi connectivity index (χ2n) is 4.19. The molecule has 5 nitrogen and oxygen atoms in total. The second kappa shape index (κ2) is 7.56. The van der Waals surface area contributed by atoms with E-state index >= 15 is 0 Å². The minimum Gasteiger partial charge on any atom is -0.449 e. The summed E-state index contributed by atoms with van der Waals surface area (Å²) in [6.45, 7) is 4.48. The van der Waals surface area contributed by atoms with Crippen molar-refractivity contribution in [3.63, 3.8) is 0 Å². The first-order valence-corrected chi connectivity index (χ1v) is 6.62. The number of hydrogen-bond acceptors (Lipinski definition) is 5. The van der Waals surface area contributed by atoms with Crippen molar-refractivity contribution in [2.24, 2.45) is 5.92 Å². The lowest BCUT2D eigenvalue weighted by Gasteiger charge is -2.21. The number of carbonyl (C=O) groups is 1. The Kier molecular flexibility index (Phi) is 6.38. The fourth-order valence-electron chi connectivity index (χ4n) is 1.78. The number of nitrogens with one attached hydrogen (secondary N) is 2. The molecule has 0 aliphatic carbocycles. The summed E-state index contributed by atoms with van der Waals surface area (Å²) < 4.78 is 5.18. The third kappa shape index (κ3) is 4.80. The van der Waals surface area contributed by atoms with Crippen LogP contribution in [0.4, 0.5) is 9.93 Å². The lowest BCUT2D eigenvalue weighted by molar-refractivity contribution is 0.131. The Balaban J connectivity index is 0.00000162. The summed E-state index contributed by atoms with van der Waals surface area (Å²) in [7, 11) is 0. The Labute approximate surface area is 117 Å². The van der Waals surface area contributed by atoms with E-state index in [4.69, 9.17) is 4.74 Å². The predicted octanol–water partition coefficient (Wildman–Crippen LogP) is 2.42. The van der Waals surface area contributed by atoms with Gasteiger partial charge in [0.05, 0.1) is 6.61 Å². The maximum atomic E-state index is 11.5. The van der Waals surface area contributed by atoms with Crippen molar-refractivity contribution in [1.29, 1.82) is 0 Å². The number of ether oxygens (including phenoxy) is 1. The minimum atomic E-state index is -0.405. The lowest BCUT2D eigenvalue weighted by Crippen LogP contribution is -2.31. The van der Waals surface area contributed by atoms with Crippen LogP contribution in [-0.2, 0) is 4.74 Å². The van der Waals surface area contributed by atoms with Crippen molar-refractivity contribution >= 4 is 35.0 Å². The van der Waals surface area contributed by atoms with Gasteiger partial charge in [-0.2, -0.15) is 0 Å². The number of carbonyl (C=O) groups excluding carboxylic acids is 1. The summed E-state index contributed by atoms with van der Waals surface area (Å²) in [5.74, 6) is 0.486. The Hall–Kier alpha value is -0.850. The SMILES string of the molecule is Cc1cnc(NC(=O)OCC2CCNCC2)s1.Cl. The molecule has 1 fully saturated rings. The largest absolute Gasteiger partial charge is 0.449 e. The van der Waals surface area contributed by atoms with Gasteiger partial charge in [-0.25, -0.2) is 9.78 Å². The molecule has 0 spiro atoms. The van der Waals surface area contributed by atoms with Crippen LogP contribution in [0.2, 0.25) is 0 Å². The molecular weight excluding hydrogens is 274 g/mol. The smallest absolute Gasteiger partial charge is 0.413 e. The van der Waals surface area contributed by atoms with Crippen LogP contribution in [0, 0.1) is 12.8 Å². The Morgan fingerprint density at radius 2 is 2.33 bits per heavy atom. The fourth-order valence-corrected chi connectivity index (χ4v) is 2.43. The van der Waals surface area contributed by atoms with Crippen molar-refractivity contribution in [2.75, 3.05) is 25.0 Å². The Morgan fingerprint density at radius 3 is 2.94 bits per heavy atom. The maximum absolute atomic E-state index is 11.5. The number of nitrogens with zero attached hydrogens (tertiary/aromatic N) is 1. The molecule has 1 aliphatic heterocycles. The van der Waals surface area contributed by atoms with Crippen molar-refractivity contribution in [1.82, 2.24) is 10.3 Å². The maximum Gasteiger partial charge on any atom is 0.413 e. The van der Waals surface area contributed by atoms with Gasteiger partial charge in [0.15, 0.2) is 5.13 Å². The van der Waals surface area contributed by atoms with Gasteiger partial charge >= 0.3 is 6.09 Å². The second-order valence-corrected chi connectivity index (χ2v) is 5.43. The molecule has 18 heavy (non-hydrogen) atoms. The number of amides is 1. The number of halogens is 1. The third-order valence-electron chi connectivity index (χ3n) is 2.74. The third-order valence-corrected chi connectivity index (χ3v) is 3.57. The molecule has 1 amide bonds. The van der Waals surface area contributed by atoms with Gasteiger partial charge in [-0.05, 0) is 38.8 Å². The van der Waals surface area contributed by atoms with E-state index in [9.17, 15) is 4.79 Å². The first-order valence-electron chi connectivity index (χ1n) is 5.81. The minimum absolute atomic E-state index is 0. The molecule has 7 heteroatoms. The van der Waals surface area contributed by atoms with E-state index in [2.05, 4.69) is 15.6 Å². The molecule has 1 aromatic heterocycles. The topological polar surface area (TPSA) is 63.2 Å². The van der Waals surface area contributed by atoms with Gasteiger partial charge in [0.2, 0.25) is 0 Å². The van der Waals surface area contributed by atoms with E-state index in [0.29, 0.717) is 17.7 Å². The summed E-state index contributed by atoms with van der Waals surface area (Å²) in [4.78, 5) is 16.6. The van der Waals surface area contributed by atoms with Crippen molar-refractivity contribution < 1.29 is 9.53 Å². The normalized spacial score (nSPS) is 15.8. The Bertz CT molecular complexity index is 380. The molecule has 102 valence electrons. The molecule has 0 radical (unpaired) electrons. The highest BCUT2D eigenvalue weighted by atomic mass is 35.5. The van der Waals surface area contributed by atoms with Crippen LogP contribution in [0.1, 0.15) is 17.7 Å². The summed E-state index contributed by atoms with van der Waals surface area (Å²) in [6, 6.07) is 0. The number of piperidine rings is 1. The van der Waals surface area contributed by atoms with Crippen LogP contribution in [0.3, 0.4) is 0 Å². The van der Waals surface area contributed by atoms with Gasteiger partial charge in [0.25, 0.3) is 0 Å². The fraction of sp³-hybridized carbons (Fsp3) is 0.636. The van der Waals surface area contributed by atoms with Crippen LogP contribution in [-0.4, -0.2) is 30.8 Å². The summed E-state index contributed by atoms with van der Waals surface area (Å²) in [6.07, 6.45) is 3.47. The monoisotopic (exact) mass is 291 g/mol. The summed E-state index contributed by atoms with van der Waals surface area (Å²) in [5, 5.41) is 6.51. The van der Waals surface area contributed by atoms with Gasteiger partial charge in [-0.1, -0.05) is 0 Å². The molecule has 0 atom stereocenters. The first-order chi connectivity index (χ1) is 8.24. The van der Waals surface area contributed by atoms with Gasteiger partial charge in [0.1, 0.15) is 0 Å². The quantitative estimate of drug-likeness (QED) is 0.898. The standard InChI is InChI=1S/C11H17N3O2S.ClH/c1-8-6-13-10(17-8)14-11(15)16-7-9-2-4-12-5-3-9;/h6,9,12H,2-5,7H2,1H3,(H,13,14,15);1H. The van der Waals surface area contributed by atoms with Gasteiger partial charge < -0.3 is 10.1 Å². The lowest BCUT2D eigenvalue weighted by atomic mass is 9.99. The van der Waals surface area contributed by atoms with E-state index < -0.39 is 6.09 Å². The first kappa shape index (κ1) is 15.2. The van der Waals surface area contributed by atoms with Crippen LogP contribution in [0.25, 0.3) is 0 Å². The van der Waals surface area contributed by atoms with E-state index in [-0.39, 0.29) is 12.4 Å². The van der Waals surface area contributed by atoms with Crippen molar-refractivity contribution in [3.05, 3.63) is 11.1 Å². The van der Waals surface area contributed by atoms with Gasteiger partial charge in [0, 0.05) is 11.1 Å². The van der Waals surface area contributed by atoms with Crippen molar-refractivity contribution in [2.45, 2.75) is 19.8 Å². The van der Waals surface area contributed by atoms with Crippen LogP contribution >= 0.6 is 23.7 Å². The summed E-state index contributed by atoms with van der Waals surface area (Å²) in [5.41, 5.74) is 0. The number of rotatable bonds is 3. The van der Waals surface area contributed by atoms with Crippen LogP contribution in [0.5, 0.6) is 0 Å². The molecule has 1 saturated heterocycles. The molecule has 2 heterocycles. The predicted molar refractivity (Wildman–Crippen MR) is 74.7 cm³/mol. The number of aryl methyl sites for hydroxylation is 1. The molecular formula is C11H18ClN3O2S. The molecule has 2 N–H and O–H groups in total. The van der Waals surface area contributed by atoms with Gasteiger partial charge in [-0.15, -0.1) is 23.7 Å². The summed E-state index contributed by atoms with van der Waals surface area (Å²) >= 11 is 1.44. The van der Waals surface area contributed by atoms with Gasteiger partial charge in [-0.3, -0.25) is 5.32 Å². The van der Waals surface area contributed by atoms with Crippen molar-refractivity contribution in [3.8, 4) is 0 Å². The molecule has 0 bridgehead atoms. The zero-order valence-corrected chi connectivity index (χ0v) is 11.9. The molecule has 2 rings (SSSR count). The molecule has 1 aromatic rings. The number of aromatic nitrogens is 1. The highest BCUT2D eigenvalue weighted by Gasteiger charge is 2.15. The van der Waals surface area contributed by atoms with E-state index in [1.807, 2.05) is 6.92 Å². The number of hydrogen-bond donors (Lipinski definition) is 2. The zero-order chi connectivity index (χ0) is 12.1. The average Bonchev–Trinajstić information content (AvgIpc) is 2.73.